The van der Waals surface area contributed by atoms with Gasteiger partial charge in [-0.25, -0.2) is 4.39 Å². The third-order valence-corrected chi connectivity index (χ3v) is 4.66. The minimum Gasteiger partial charge on any atom is -0.369 e. The predicted molar refractivity (Wildman–Crippen MR) is 90.8 cm³/mol. The van der Waals surface area contributed by atoms with Crippen LogP contribution < -0.4 is 11.1 Å². The summed E-state index contributed by atoms with van der Waals surface area (Å²) >= 11 is 1.00. The number of thiophene rings is 1. The summed E-state index contributed by atoms with van der Waals surface area (Å²) in [5, 5.41) is 13.4. The Bertz CT molecular complexity index is 804. The maximum absolute atomic E-state index is 12.9. The number of rotatable bonds is 7. The smallest absolute Gasteiger partial charge is 0.283 e. The van der Waals surface area contributed by atoms with E-state index >= 15 is 0 Å². The summed E-state index contributed by atoms with van der Waals surface area (Å²) < 4.78 is 12.9. The number of carbonyl (C=O) groups is 2. The van der Waals surface area contributed by atoms with Gasteiger partial charge in [0.05, 0.1) is 20.6 Å². The molecule has 0 aliphatic rings. The van der Waals surface area contributed by atoms with Crippen molar-refractivity contribution in [2.24, 2.45) is 11.7 Å². The number of hydrogen-bond donors (Lipinski definition) is 2. The van der Waals surface area contributed by atoms with E-state index in [1.54, 1.807) is 19.1 Å². The standard InChI is InChI=1S/C16H16FN3O4S/c1-9-13(20(23)24)7-14(25-9)16(22)19-8-11(15(18)21)6-10-2-4-12(17)5-3-10/h2-5,7,11H,6,8H2,1H3,(H2,18,21)(H,19,22). The highest BCUT2D eigenvalue weighted by Gasteiger charge is 2.22. The van der Waals surface area contributed by atoms with Gasteiger partial charge in [-0.15, -0.1) is 11.3 Å². The molecule has 3 N–H and O–H groups in total. The molecule has 0 aliphatic carbocycles. The number of halogens is 1. The van der Waals surface area contributed by atoms with Crippen LogP contribution >= 0.6 is 11.3 Å². The van der Waals surface area contributed by atoms with Crippen LogP contribution in [0.2, 0.25) is 0 Å². The van der Waals surface area contributed by atoms with Crippen molar-refractivity contribution in [1.82, 2.24) is 5.32 Å². The van der Waals surface area contributed by atoms with E-state index in [4.69, 9.17) is 5.73 Å². The second-order valence-corrected chi connectivity index (χ2v) is 6.71. The second-order valence-electron chi connectivity index (χ2n) is 5.45. The van der Waals surface area contributed by atoms with Gasteiger partial charge in [-0.3, -0.25) is 19.7 Å². The highest BCUT2D eigenvalue weighted by Crippen LogP contribution is 2.27. The van der Waals surface area contributed by atoms with Gasteiger partial charge in [0.25, 0.3) is 11.6 Å². The summed E-state index contributed by atoms with van der Waals surface area (Å²) in [6.07, 6.45) is 0.250. The fraction of sp³-hybridized carbons (Fsp3) is 0.250. The molecule has 132 valence electrons. The zero-order chi connectivity index (χ0) is 18.6. The number of aryl methyl sites for hydroxylation is 1. The van der Waals surface area contributed by atoms with Crippen molar-refractivity contribution in [3.8, 4) is 0 Å². The van der Waals surface area contributed by atoms with Gasteiger partial charge >= 0.3 is 0 Å². The molecular weight excluding hydrogens is 349 g/mol. The minimum absolute atomic E-state index is 0.0176. The number of nitrogens with one attached hydrogen (secondary N) is 1. The zero-order valence-electron chi connectivity index (χ0n) is 13.3. The van der Waals surface area contributed by atoms with Crippen LogP contribution in [0.5, 0.6) is 0 Å². The summed E-state index contributed by atoms with van der Waals surface area (Å²) in [7, 11) is 0. The van der Waals surface area contributed by atoms with Crippen LogP contribution in [0.25, 0.3) is 0 Å². The number of nitrogens with zero attached hydrogens (tertiary/aromatic N) is 1. The average molecular weight is 365 g/mol. The molecule has 1 heterocycles. The van der Waals surface area contributed by atoms with E-state index in [0.717, 1.165) is 11.3 Å². The third kappa shape index (κ3) is 4.83. The van der Waals surface area contributed by atoms with Gasteiger partial charge < -0.3 is 11.1 Å². The number of primary amides is 1. The Morgan fingerprint density at radius 3 is 2.52 bits per heavy atom. The van der Waals surface area contributed by atoms with E-state index < -0.39 is 22.7 Å². The number of hydrogen-bond acceptors (Lipinski definition) is 5. The molecule has 0 saturated carbocycles. The fourth-order valence-corrected chi connectivity index (χ4v) is 3.15. The Balaban J connectivity index is 2.01. The molecule has 1 unspecified atom stereocenters. The number of carbonyl (C=O) groups excluding carboxylic acids is 2. The van der Waals surface area contributed by atoms with Gasteiger partial charge in [-0.1, -0.05) is 12.1 Å². The van der Waals surface area contributed by atoms with Gasteiger partial charge in [-0.2, -0.15) is 0 Å². The molecule has 1 aromatic carbocycles. The average Bonchev–Trinajstić information content (AvgIpc) is 2.95. The van der Waals surface area contributed by atoms with Gasteiger partial charge in [0.2, 0.25) is 5.91 Å². The molecule has 0 fully saturated rings. The van der Waals surface area contributed by atoms with Crippen LogP contribution in [0.15, 0.2) is 30.3 Å². The summed E-state index contributed by atoms with van der Waals surface area (Å²) in [5.74, 6) is -2.17. The molecule has 0 radical (unpaired) electrons. The van der Waals surface area contributed by atoms with Crippen LogP contribution in [0.3, 0.4) is 0 Å². The van der Waals surface area contributed by atoms with E-state index in [2.05, 4.69) is 5.32 Å². The van der Waals surface area contributed by atoms with Gasteiger partial charge in [-0.05, 0) is 31.0 Å². The lowest BCUT2D eigenvalue weighted by Crippen LogP contribution is -2.37. The summed E-state index contributed by atoms with van der Waals surface area (Å²) in [6, 6.07) is 6.84. The monoisotopic (exact) mass is 365 g/mol. The maximum Gasteiger partial charge on any atom is 0.283 e. The number of amides is 2. The van der Waals surface area contributed by atoms with E-state index in [1.807, 2.05) is 0 Å². The molecule has 9 heteroatoms. The molecule has 2 aromatic rings. The first-order valence-corrected chi connectivity index (χ1v) is 8.16. The molecule has 7 nitrogen and oxygen atoms in total. The molecule has 0 saturated heterocycles. The van der Waals surface area contributed by atoms with Crippen LogP contribution in [-0.4, -0.2) is 23.3 Å². The Kier molecular flexibility index (Phi) is 5.81. The molecular formula is C16H16FN3O4S. The maximum atomic E-state index is 12.9. The largest absolute Gasteiger partial charge is 0.369 e. The van der Waals surface area contributed by atoms with Crippen LogP contribution in [0, 0.1) is 28.8 Å². The van der Waals surface area contributed by atoms with Crippen molar-refractivity contribution in [3.63, 3.8) is 0 Å². The highest BCUT2D eigenvalue weighted by atomic mass is 32.1. The number of benzene rings is 1. The Morgan fingerprint density at radius 1 is 1.36 bits per heavy atom. The van der Waals surface area contributed by atoms with Crippen molar-refractivity contribution in [3.05, 3.63) is 61.6 Å². The molecule has 1 aromatic heterocycles. The second kappa shape index (κ2) is 7.84. The molecule has 1 atom stereocenters. The van der Waals surface area contributed by atoms with Crippen molar-refractivity contribution >= 4 is 28.8 Å². The lowest BCUT2D eigenvalue weighted by atomic mass is 9.98. The molecule has 2 amide bonds. The van der Waals surface area contributed by atoms with Gasteiger partial charge in [0.1, 0.15) is 5.82 Å². The van der Waals surface area contributed by atoms with Crippen molar-refractivity contribution in [2.75, 3.05) is 6.54 Å². The lowest BCUT2D eigenvalue weighted by Gasteiger charge is -2.14. The lowest BCUT2D eigenvalue weighted by molar-refractivity contribution is -0.385. The van der Waals surface area contributed by atoms with Gasteiger partial charge in [0.15, 0.2) is 0 Å². The topological polar surface area (TPSA) is 115 Å². The predicted octanol–water partition coefficient (Wildman–Crippen LogP) is 2.18. The molecule has 0 aliphatic heterocycles. The Labute approximate surface area is 146 Å². The first kappa shape index (κ1) is 18.5. The first-order chi connectivity index (χ1) is 11.8. The first-order valence-electron chi connectivity index (χ1n) is 7.34. The van der Waals surface area contributed by atoms with Crippen LogP contribution in [0.4, 0.5) is 10.1 Å². The zero-order valence-corrected chi connectivity index (χ0v) is 14.1. The third-order valence-electron chi connectivity index (χ3n) is 3.62. The molecule has 0 spiro atoms. The number of nitrogens with two attached hydrogens (primary N) is 1. The van der Waals surface area contributed by atoms with Crippen LogP contribution in [-0.2, 0) is 11.2 Å². The Hall–Kier alpha value is -2.81. The quantitative estimate of drug-likeness (QED) is 0.578. The van der Waals surface area contributed by atoms with Crippen molar-refractivity contribution < 1.29 is 18.9 Å². The van der Waals surface area contributed by atoms with E-state index in [1.165, 1.54) is 18.2 Å². The summed E-state index contributed by atoms with van der Waals surface area (Å²) in [6.45, 7) is 1.54. The van der Waals surface area contributed by atoms with E-state index in [9.17, 15) is 24.1 Å². The van der Waals surface area contributed by atoms with Crippen LogP contribution in [0.1, 0.15) is 20.1 Å². The fourth-order valence-electron chi connectivity index (χ4n) is 2.25. The molecule has 2 rings (SSSR count). The Morgan fingerprint density at radius 2 is 2.00 bits per heavy atom. The summed E-state index contributed by atoms with van der Waals surface area (Å²) in [4.78, 5) is 34.6. The molecule has 0 bridgehead atoms. The summed E-state index contributed by atoms with van der Waals surface area (Å²) in [5.41, 5.74) is 5.95. The highest BCUT2D eigenvalue weighted by molar-refractivity contribution is 7.14. The van der Waals surface area contributed by atoms with E-state index in [0.29, 0.717) is 10.4 Å². The molecule has 25 heavy (non-hydrogen) atoms. The van der Waals surface area contributed by atoms with Crippen molar-refractivity contribution in [1.29, 1.82) is 0 Å². The van der Waals surface area contributed by atoms with Crippen molar-refractivity contribution in [2.45, 2.75) is 13.3 Å². The van der Waals surface area contributed by atoms with Gasteiger partial charge in [0, 0.05) is 12.6 Å². The minimum atomic E-state index is -0.676. The normalized spacial score (nSPS) is 11.8. The van der Waals surface area contributed by atoms with E-state index in [-0.39, 0.29) is 29.3 Å². The number of nitro groups is 1. The SMILES string of the molecule is Cc1sc(C(=O)NCC(Cc2ccc(F)cc2)C(N)=O)cc1[N+](=O)[O-].